The van der Waals surface area contributed by atoms with Crippen molar-refractivity contribution < 1.29 is 33.0 Å². The van der Waals surface area contributed by atoms with Gasteiger partial charge in [-0.25, -0.2) is 14.3 Å². The molecule has 0 aliphatic carbocycles. The highest BCUT2D eigenvalue weighted by Gasteiger charge is 2.43. The number of nitrogens with one attached hydrogen (secondary N) is 3. The first-order chi connectivity index (χ1) is 15.7. The van der Waals surface area contributed by atoms with Crippen LogP contribution < -0.4 is 16.1 Å². The molecule has 12 heteroatoms. The van der Waals surface area contributed by atoms with E-state index in [0.29, 0.717) is 13.0 Å². The summed E-state index contributed by atoms with van der Waals surface area (Å²) in [4.78, 5) is 37.4. The number of carbonyl (C=O) groups is 3. The number of ketones is 1. The molecule has 0 aromatic carbocycles. The minimum Gasteiger partial charge on any atom is -0.458 e. The van der Waals surface area contributed by atoms with Gasteiger partial charge in [0.2, 0.25) is 5.95 Å². The molecule has 2 unspecified atom stereocenters. The van der Waals surface area contributed by atoms with Crippen molar-refractivity contribution in [2.24, 2.45) is 0 Å². The second-order valence-electron chi connectivity index (χ2n) is 10.3. The first-order valence-corrected chi connectivity index (χ1v) is 11.5. The van der Waals surface area contributed by atoms with Crippen molar-refractivity contribution in [2.45, 2.75) is 82.7 Å². The van der Waals surface area contributed by atoms with Crippen LogP contribution in [-0.4, -0.2) is 65.1 Å². The third kappa shape index (κ3) is 6.12. The molecule has 0 saturated carbocycles. The van der Waals surface area contributed by atoms with Crippen molar-refractivity contribution >= 4 is 35.1 Å². The fourth-order valence-electron chi connectivity index (χ4n) is 3.65. The van der Waals surface area contributed by atoms with E-state index in [2.05, 4.69) is 16.1 Å². The number of alkyl halides is 1. The van der Waals surface area contributed by atoms with Gasteiger partial charge in [-0.15, -0.1) is 11.6 Å². The summed E-state index contributed by atoms with van der Waals surface area (Å²) in [7, 11) is 0. The molecule has 3 N–H and O–H groups in total. The Morgan fingerprint density at radius 3 is 2.44 bits per heavy atom. The van der Waals surface area contributed by atoms with Crippen LogP contribution in [0.15, 0.2) is 6.20 Å². The van der Waals surface area contributed by atoms with E-state index in [1.165, 1.54) is 6.20 Å². The fourth-order valence-corrected chi connectivity index (χ4v) is 3.94. The van der Waals surface area contributed by atoms with E-state index in [4.69, 9.17) is 25.8 Å². The minimum atomic E-state index is -1.43. The van der Waals surface area contributed by atoms with Crippen LogP contribution in [0.3, 0.4) is 0 Å². The summed E-state index contributed by atoms with van der Waals surface area (Å²) in [6, 6.07) is -2.33. The van der Waals surface area contributed by atoms with E-state index in [9.17, 15) is 14.4 Å². The summed E-state index contributed by atoms with van der Waals surface area (Å²) in [5, 5.41) is 4.14. The molecule has 1 aromatic heterocycles. The Balaban J connectivity index is 1.78. The third-order valence-electron chi connectivity index (χ3n) is 5.08. The molecule has 0 spiro atoms. The number of carbonyl (C=O) groups excluding carboxylic acids is 3. The van der Waals surface area contributed by atoms with Crippen molar-refractivity contribution in [3.8, 4) is 0 Å². The number of Topliss-reactive ketones (excluding diaryl/α,β-unsaturated/α-hetero) is 1. The van der Waals surface area contributed by atoms with Crippen molar-refractivity contribution in [2.75, 3.05) is 24.0 Å². The number of rotatable bonds is 4. The molecule has 1 fully saturated rings. The summed E-state index contributed by atoms with van der Waals surface area (Å²) >= 11 is 6.30. The van der Waals surface area contributed by atoms with Crippen LogP contribution >= 0.6 is 11.6 Å². The van der Waals surface area contributed by atoms with Gasteiger partial charge in [-0.05, 0) is 48.0 Å². The van der Waals surface area contributed by atoms with Gasteiger partial charge < -0.3 is 30.3 Å². The lowest BCUT2D eigenvalue weighted by Crippen LogP contribution is -2.55. The van der Waals surface area contributed by atoms with Crippen molar-refractivity contribution in [1.82, 2.24) is 9.99 Å². The Hall–Kier alpha value is -2.53. The second kappa shape index (κ2) is 9.61. The number of halogens is 2. The molecule has 34 heavy (non-hydrogen) atoms. The zero-order chi connectivity index (χ0) is 25.4. The topological polar surface area (TPSA) is 120 Å². The van der Waals surface area contributed by atoms with Crippen molar-refractivity contribution in [3.05, 3.63) is 17.7 Å². The molecule has 190 valence electrons. The number of fused-ring (bicyclic) bond motifs is 1. The molecule has 0 radical (unpaired) electrons. The van der Waals surface area contributed by atoms with Crippen LogP contribution in [0.2, 0.25) is 0 Å². The Kier molecular flexibility index (Phi) is 7.37. The molecule has 3 heterocycles. The number of hydrogen-bond donors (Lipinski definition) is 3. The van der Waals surface area contributed by atoms with Gasteiger partial charge in [0.15, 0.2) is 11.8 Å². The van der Waals surface area contributed by atoms with Gasteiger partial charge in [-0.3, -0.25) is 4.79 Å². The van der Waals surface area contributed by atoms with E-state index in [1.54, 1.807) is 41.5 Å². The van der Waals surface area contributed by atoms with E-state index in [0.717, 1.165) is 4.68 Å². The Morgan fingerprint density at radius 2 is 1.82 bits per heavy atom. The molecule has 4 atom stereocenters. The summed E-state index contributed by atoms with van der Waals surface area (Å²) in [6.45, 7) is 10.9. The zero-order valence-corrected chi connectivity index (χ0v) is 20.9. The largest absolute Gasteiger partial charge is 0.458 e. The van der Waals surface area contributed by atoms with Gasteiger partial charge in [0.1, 0.15) is 16.6 Å². The number of esters is 1. The Bertz CT molecular complexity index is 954. The molecular formula is C22H32ClFN4O6. The summed E-state index contributed by atoms with van der Waals surface area (Å²) in [6.07, 6.45) is 1.22. The number of alkyl carbamates (subject to hydrolysis) is 1. The molecule has 10 nitrogen and oxygen atoms in total. The number of ether oxygens (including phenoxy) is 3. The molecule has 0 bridgehead atoms. The van der Waals surface area contributed by atoms with Gasteiger partial charge in [-0.2, -0.15) is 4.39 Å². The van der Waals surface area contributed by atoms with Crippen LogP contribution in [0.4, 0.5) is 14.9 Å². The monoisotopic (exact) mass is 502 g/mol. The third-order valence-corrected chi connectivity index (χ3v) is 5.53. The number of aromatic nitrogens is 1. The fraction of sp³-hybridized carbons (Fsp3) is 0.682. The van der Waals surface area contributed by atoms with Crippen LogP contribution in [0, 0.1) is 5.95 Å². The van der Waals surface area contributed by atoms with E-state index >= 15 is 4.39 Å². The van der Waals surface area contributed by atoms with Crippen LogP contribution in [0.1, 0.15) is 58.9 Å². The summed E-state index contributed by atoms with van der Waals surface area (Å²) in [5.74, 6) is -2.22. The highest BCUT2D eigenvalue weighted by Crippen LogP contribution is 2.38. The molecule has 3 rings (SSSR count). The van der Waals surface area contributed by atoms with Crippen LogP contribution in [-0.2, 0) is 23.8 Å². The average molecular weight is 503 g/mol. The second-order valence-corrected chi connectivity index (χ2v) is 10.8. The molecule has 2 aliphatic rings. The Morgan fingerprint density at radius 1 is 1.18 bits per heavy atom. The van der Waals surface area contributed by atoms with Gasteiger partial charge in [-0.1, -0.05) is 0 Å². The number of amides is 1. The molecule has 2 aliphatic heterocycles. The highest BCUT2D eigenvalue weighted by atomic mass is 35.5. The van der Waals surface area contributed by atoms with Crippen molar-refractivity contribution in [1.29, 1.82) is 0 Å². The van der Waals surface area contributed by atoms with E-state index in [-0.39, 0.29) is 17.9 Å². The molecule has 1 saturated heterocycles. The number of nitrogens with zero attached hydrogens (tertiary/aromatic N) is 1. The van der Waals surface area contributed by atoms with Gasteiger partial charge >= 0.3 is 12.1 Å². The van der Waals surface area contributed by atoms with Crippen LogP contribution in [0.25, 0.3) is 0 Å². The summed E-state index contributed by atoms with van der Waals surface area (Å²) in [5.41, 5.74) is 1.64. The first-order valence-electron chi connectivity index (χ1n) is 11.1. The van der Waals surface area contributed by atoms with Gasteiger partial charge in [0.25, 0.3) is 0 Å². The van der Waals surface area contributed by atoms with E-state index < -0.39 is 58.5 Å². The van der Waals surface area contributed by atoms with E-state index in [1.807, 2.05) is 0 Å². The van der Waals surface area contributed by atoms with Crippen LogP contribution in [0.5, 0.6) is 0 Å². The smallest absolute Gasteiger partial charge is 0.408 e. The maximum absolute atomic E-state index is 15.3. The lowest BCUT2D eigenvalue weighted by atomic mass is 9.99. The lowest BCUT2D eigenvalue weighted by Gasteiger charge is -2.34. The predicted molar refractivity (Wildman–Crippen MR) is 123 cm³/mol. The van der Waals surface area contributed by atoms with Gasteiger partial charge in [0, 0.05) is 18.4 Å². The highest BCUT2D eigenvalue weighted by molar-refractivity contribution is 6.35. The summed E-state index contributed by atoms with van der Waals surface area (Å²) < 4.78 is 32.5. The quantitative estimate of drug-likeness (QED) is 0.326. The molecular weight excluding hydrogens is 471 g/mol. The van der Waals surface area contributed by atoms with Crippen molar-refractivity contribution in [3.63, 3.8) is 0 Å². The standard InChI is InChI=1S/C22H32ClFN4O6/c1-21(2,3)33-19(30)16-17(29)14(23)11-9-28(18(24)15(11)26-16)27-12-7-8-32-10-13(12)25-20(31)34-22(4,5)6/h9,12-14,16,26-27H,7-8,10H2,1-6H3,(H,25,31)/t12-,13+,14?,16?/m1/s1. The van der Waals surface area contributed by atoms with Gasteiger partial charge in [0.05, 0.1) is 24.4 Å². The Labute approximate surface area is 202 Å². The molecule has 1 amide bonds. The number of hydrogen-bond acceptors (Lipinski definition) is 8. The SMILES string of the molecule is CC(C)(C)OC(=O)N[C@H]1COCC[C@H]1Nn1cc2c(c1F)NC(C(=O)OC(C)(C)C)C(=O)C2Cl. The maximum atomic E-state index is 15.3. The maximum Gasteiger partial charge on any atom is 0.408 e. The lowest BCUT2D eigenvalue weighted by molar-refractivity contribution is -0.157. The first kappa shape index (κ1) is 26.1. The minimum absolute atomic E-state index is 0.0633. The zero-order valence-electron chi connectivity index (χ0n) is 20.2. The average Bonchev–Trinajstić information content (AvgIpc) is 2.99. The normalized spacial score (nSPS) is 25.1. The predicted octanol–water partition coefficient (Wildman–Crippen LogP) is 2.84. The molecule has 1 aromatic rings. The number of anilines is 1.